The molecule has 1 atom stereocenters. The molecular formula is C14H21ClN4O. The molecule has 0 aliphatic carbocycles. The number of aliphatic hydroxyl groups excluding tert-OH is 1. The molecule has 2 heterocycles. The largest absolute Gasteiger partial charge is 0.386 e. The number of rotatable bonds is 6. The maximum Gasteiger partial charge on any atom is 0.101 e. The quantitative estimate of drug-likeness (QED) is 0.891. The molecule has 0 spiro atoms. The van der Waals surface area contributed by atoms with E-state index in [1.54, 1.807) is 17.2 Å². The number of aliphatic hydroxyl groups is 1. The smallest absolute Gasteiger partial charge is 0.101 e. The second-order valence-electron chi connectivity index (χ2n) is 4.92. The summed E-state index contributed by atoms with van der Waals surface area (Å²) >= 11 is 6.32. The van der Waals surface area contributed by atoms with Crippen molar-refractivity contribution in [3.8, 4) is 0 Å². The predicted molar refractivity (Wildman–Crippen MR) is 78.8 cm³/mol. The zero-order valence-electron chi connectivity index (χ0n) is 12.2. The van der Waals surface area contributed by atoms with Crippen LogP contribution < -0.4 is 0 Å². The minimum absolute atomic E-state index is 0.442. The normalized spacial score (nSPS) is 12.8. The first-order valence-electron chi connectivity index (χ1n) is 6.96. The van der Waals surface area contributed by atoms with Gasteiger partial charge in [0.15, 0.2) is 0 Å². The fourth-order valence-electron chi connectivity index (χ4n) is 2.37. The molecule has 2 aromatic rings. The van der Waals surface area contributed by atoms with E-state index < -0.39 is 6.10 Å². The van der Waals surface area contributed by atoms with E-state index in [1.807, 2.05) is 18.5 Å². The van der Waals surface area contributed by atoms with Crippen LogP contribution in [0.4, 0.5) is 0 Å². The molecule has 0 bridgehead atoms. The van der Waals surface area contributed by atoms with Crippen molar-refractivity contribution in [1.29, 1.82) is 0 Å². The van der Waals surface area contributed by atoms with Crippen LogP contribution >= 0.6 is 11.6 Å². The fraction of sp³-hybridized carbons (Fsp3) is 0.571. The molecule has 6 heteroatoms. The van der Waals surface area contributed by atoms with Crippen LogP contribution in [0.2, 0.25) is 5.02 Å². The van der Waals surface area contributed by atoms with Gasteiger partial charge in [-0.25, -0.2) is 4.98 Å². The van der Waals surface area contributed by atoms with Gasteiger partial charge >= 0.3 is 0 Å². The third-order valence-electron chi connectivity index (χ3n) is 3.44. The van der Waals surface area contributed by atoms with Gasteiger partial charge in [-0.3, -0.25) is 4.68 Å². The summed E-state index contributed by atoms with van der Waals surface area (Å²) in [5.41, 5.74) is 2.56. The topological polar surface area (TPSA) is 55.9 Å². The monoisotopic (exact) mass is 296 g/mol. The van der Waals surface area contributed by atoms with Gasteiger partial charge in [0, 0.05) is 20.0 Å². The second kappa shape index (κ2) is 6.41. The molecule has 20 heavy (non-hydrogen) atoms. The summed E-state index contributed by atoms with van der Waals surface area (Å²) in [7, 11) is 1.86. The van der Waals surface area contributed by atoms with E-state index in [-0.39, 0.29) is 0 Å². The van der Waals surface area contributed by atoms with Gasteiger partial charge in [0.25, 0.3) is 0 Å². The Morgan fingerprint density at radius 1 is 1.40 bits per heavy atom. The van der Waals surface area contributed by atoms with Crippen molar-refractivity contribution in [2.75, 3.05) is 0 Å². The Hall–Kier alpha value is -1.33. The van der Waals surface area contributed by atoms with E-state index in [0.717, 1.165) is 36.5 Å². The molecule has 0 radical (unpaired) electrons. The van der Waals surface area contributed by atoms with Gasteiger partial charge in [0.2, 0.25) is 0 Å². The van der Waals surface area contributed by atoms with Crippen molar-refractivity contribution in [2.45, 2.75) is 45.8 Å². The van der Waals surface area contributed by atoms with Gasteiger partial charge in [0.05, 0.1) is 34.6 Å². The lowest BCUT2D eigenvalue weighted by Crippen LogP contribution is -2.11. The van der Waals surface area contributed by atoms with Crippen LogP contribution in [0.15, 0.2) is 12.5 Å². The Labute approximate surface area is 124 Å². The second-order valence-corrected chi connectivity index (χ2v) is 5.29. The van der Waals surface area contributed by atoms with E-state index in [1.165, 1.54) is 0 Å². The summed E-state index contributed by atoms with van der Waals surface area (Å²) in [5, 5.41) is 15.5. The molecule has 0 amide bonds. The molecule has 1 N–H and O–H groups in total. The molecule has 2 rings (SSSR count). The molecule has 5 nitrogen and oxygen atoms in total. The minimum atomic E-state index is -0.623. The van der Waals surface area contributed by atoms with Crippen LogP contribution in [-0.2, 0) is 26.4 Å². The summed E-state index contributed by atoms with van der Waals surface area (Å²) in [6.45, 7) is 4.97. The third-order valence-corrected chi connectivity index (χ3v) is 3.88. The van der Waals surface area contributed by atoms with Crippen molar-refractivity contribution < 1.29 is 5.11 Å². The molecular weight excluding hydrogens is 276 g/mol. The van der Waals surface area contributed by atoms with Crippen LogP contribution in [0, 0.1) is 0 Å². The van der Waals surface area contributed by atoms with Gasteiger partial charge in [0.1, 0.15) is 6.10 Å². The number of aryl methyl sites for hydroxylation is 3. The fourth-order valence-corrected chi connectivity index (χ4v) is 2.74. The van der Waals surface area contributed by atoms with E-state index in [0.29, 0.717) is 11.4 Å². The maximum atomic E-state index is 10.4. The molecule has 0 saturated carbocycles. The first-order valence-corrected chi connectivity index (χ1v) is 7.34. The third kappa shape index (κ3) is 2.88. The highest BCUT2D eigenvalue weighted by atomic mass is 35.5. The molecule has 1 unspecified atom stereocenters. The van der Waals surface area contributed by atoms with Crippen LogP contribution in [0.1, 0.15) is 43.5 Å². The van der Waals surface area contributed by atoms with Crippen molar-refractivity contribution in [3.05, 3.63) is 34.6 Å². The number of hydrogen-bond donors (Lipinski definition) is 1. The molecule has 0 aliphatic rings. The van der Waals surface area contributed by atoms with Crippen LogP contribution in [-0.4, -0.2) is 24.4 Å². The zero-order valence-corrected chi connectivity index (χ0v) is 12.9. The lowest BCUT2D eigenvalue weighted by atomic mass is 10.1. The Morgan fingerprint density at radius 2 is 2.15 bits per heavy atom. The molecule has 0 fully saturated rings. The van der Waals surface area contributed by atoms with Crippen LogP contribution in [0.5, 0.6) is 0 Å². The summed E-state index contributed by atoms with van der Waals surface area (Å²) < 4.78 is 3.74. The lowest BCUT2D eigenvalue weighted by molar-refractivity contribution is 0.166. The van der Waals surface area contributed by atoms with Crippen molar-refractivity contribution >= 4 is 11.6 Å². The van der Waals surface area contributed by atoms with Crippen LogP contribution in [0.3, 0.4) is 0 Å². The summed E-state index contributed by atoms with van der Waals surface area (Å²) in [6, 6.07) is 0. The Bertz CT molecular complexity index is 576. The van der Waals surface area contributed by atoms with Crippen LogP contribution in [0.25, 0.3) is 0 Å². The average Bonchev–Trinajstić information content (AvgIpc) is 2.98. The lowest BCUT2D eigenvalue weighted by Gasteiger charge is -2.13. The predicted octanol–water partition coefficient (Wildman–Crippen LogP) is 2.52. The van der Waals surface area contributed by atoms with Gasteiger partial charge in [-0.15, -0.1) is 0 Å². The first kappa shape index (κ1) is 15.1. The molecule has 2 aromatic heterocycles. The highest BCUT2D eigenvalue weighted by Gasteiger charge is 2.19. The van der Waals surface area contributed by atoms with E-state index in [2.05, 4.69) is 17.0 Å². The van der Waals surface area contributed by atoms with E-state index in [4.69, 9.17) is 11.6 Å². The van der Waals surface area contributed by atoms with E-state index >= 15 is 0 Å². The SMILES string of the molecule is CCCn1cncc1C(O)Cc1c(Cl)c(CC)nn1C. The Morgan fingerprint density at radius 3 is 2.75 bits per heavy atom. The average molecular weight is 297 g/mol. The number of halogens is 1. The number of hydrogen-bond acceptors (Lipinski definition) is 3. The highest BCUT2D eigenvalue weighted by molar-refractivity contribution is 6.31. The molecule has 0 saturated heterocycles. The van der Waals surface area contributed by atoms with Crippen molar-refractivity contribution in [1.82, 2.24) is 19.3 Å². The molecule has 0 aliphatic heterocycles. The molecule has 0 aromatic carbocycles. The van der Waals surface area contributed by atoms with Crippen molar-refractivity contribution in [2.24, 2.45) is 7.05 Å². The Kier molecular flexibility index (Phi) is 4.83. The van der Waals surface area contributed by atoms with Gasteiger partial charge in [-0.2, -0.15) is 5.10 Å². The minimum Gasteiger partial charge on any atom is -0.386 e. The highest BCUT2D eigenvalue weighted by Crippen LogP contribution is 2.26. The zero-order chi connectivity index (χ0) is 14.7. The molecule has 110 valence electrons. The van der Waals surface area contributed by atoms with Gasteiger partial charge in [-0.05, 0) is 12.8 Å². The summed E-state index contributed by atoms with van der Waals surface area (Å²) in [6.07, 6.45) is 5.08. The number of aromatic nitrogens is 4. The van der Waals surface area contributed by atoms with Crippen molar-refractivity contribution in [3.63, 3.8) is 0 Å². The number of imidazole rings is 1. The number of nitrogens with zero attached hydrogens (tertiary/aromatic N) is 4. The van der Waals surface area contributed by atoms with E-state index in [9.17, 15) is 5.11 Å². The van der Waals surface area contributed by atoms with Gasteiger partial charge in [-0.1, -0.05) is 25.4 Å². The summed E-state index contributed by atoms with van der Waals surface area (Å²) in [4.78, 5) is 4.12. The standard InChI is InChI=1S/C14H21ClN4O/c1-4-6-19-9-16-8-12(19)13(20)7-11-14(15)10(5-2)17-18(11)3/h8-9,13,20H,4-7H2,1-3H3. The Balaban J connectivity index is 2.21. The summed E-state index contributed by atoms with van der Waals surface area (Å²) in [5.74, 6) is 0. The maximum absolute atomic E-state index is 10.4. The first-order chi connectivity index (χ1) is 9.58. The van der Waals surface area contributed by atoms with Gasteiger partial charge < -0.3 is 9.67 Å².